The van der Waals surface area contributed by atoms with E-state index in [1.807, 2.05) is 31.2 Å². The Morgan fingerprint density at radius 3 is 2.70 bits per heavy atom. The predicted octanol–water partition coefficient (Wildman–Crippen LogP) is 2.95. The predicted molar refractivity (Wildman–Crippen MR) is 83.1 cm³/mol. The number of halogens is 1. The smallest absolute Gasteiger partial charge is 0.214 e. The number of nitrogens with zero attached hydrogens (tertiary/aromatic N) is 1. The summed E-state index contributed by atoms with van der Waals surface area (Å²) in [5, 5.41) is 0. The summed E-state index contributed by atoms with van der Waals surface area (Å²) < 4.78 is 32.8. The fraction of sp³-hybridized carbons (Fsp3) is 0.571. The molecule has 0 bridgehead atoms. The maximum absolute atomic E-state index is 12.2. The average Bonchev–Trinajstić information content (AvgIpc) is 2.46. The standard InChI is InChI=1S/C14H20BrNO3S/c1-2-3-10-20(17,18)16-8-9-19-14(11-16)12-4-6-13(15)7-5-12/h4-7,14H,2-3,8-11H2,1H3. The van der Waals surface area contributed by atoms with Gasteiger partial charge in [0.2, 0.25) is 10.0 Å². The zero-order chi connectivity index (χ0) is 14.6. The molecule has 2 rings (SSSR count). The topological polar surface area (TPSA) is 46.6 Å². The first-order valence-corrected chi connectivity index (χ1v) is 9.28. The van der Waals surface area contributed by atoms with Gasteiger partial charge in [0.1, 0.15) is 0 Å². The van der Waals surface area contributed by atoms with Crippen LogP contribution in [0.15, 0.2) is 28.7 Å². The molecular weight excluding hydrogens is 342 g/mol. The van der Waals surface area contributed by atoms with E-state index in [2.05, 4.69) is 15.9 Å². The fourth-order valence-corrected chi connectivity index (χ4v) is 4.10. The van der Waals surface area contributed by atoms with Crippen LogP contribution in [-0.2, 0) is 14.8 Å². The van der Waals surface area contributed by atoms with Gasteiger partial charge >= 0.3 is 0 Å². The van der Waals surface area contributed by atoms with Crippen LogP contribution in [0.5, 0.6) is 0 Å². The van der Waals surface area contributed by atoms with Crippen molar-refractivity contribution in [2.24, 2.45) is 0 Å². The summed E-state index contributed by atoms with van der Waals surface area (Å²) in [7, 11) is -3.15. The van der Waals surface area contributed by atoms with Gasteiger partial charge in [0.15, 0.2) is 0 Å². The van der Waals surface area contributed by atoms with Crippen molar-refractivity contribution in [1.82, 2.24) is 4.31 Å². The highest BCUT2D eigenvalue weighted by molar-refractivity contribution is 9.10. The second-order valence-corrected chi connectivity index (χ2v) is 7.94. The third-order valence-corrected chi connectivity index (χ3v) is 5.87. The van der Waals surface area contributed by atoms with E-state index in [4.69, 9.17) is 4.74 Å². The lowest BCUT2D eigenvalue weighted by molar-refractivity contribution is -0.00255. The van der Waals surface area contributed by atoms with E-state index in [1.165, 1.54) is 0 Å². The number of ether oxygens (including phenoxy) is 1. The quantitative estimate of drug-likeness (QED) is 0.809. The normalized spacial score (nSPS) is 21.0. The van der Waals surface area contributed by atoms with Gasteiger partial charge in [0.05, 0.1) is 18.5 Å². The Morgan fingerprint density at radius 2 is 2.05 bits per heavy atom. The Bertz CT molecular complexity index is 530. The lowest BCUT2D eigenvalue weighted by Gasteiger charge is -2.32. The van der Waals surface area contributed by atoms with Crippen LogP contribution in [0.25, 0.3) is 0 Å². The molecule has 1 aromatic rings. The number of rotatable bonds is 5. The molecule has 20 heavy (non-hydrogen) atoms. The first-order valence-electron chi connectivity index (χ1n) is 6.88. The largest absolute Gasteiger partial charge is 0.371 e. The second-order valence-electron chi connectivity index (χ2n) is 4.94. The highest BCUT2D eigenvalue weighted by Crippen LogP contribution is 2.25. The van der Waals surface area contributed by atoms with Crippen molar-refractivity contribution < 1.29 is 13.2 Å². The van der Waals surface area contributed by atoms with E-state index in [-0.39, 0.29) is 11.9 Å². The Labute approximate surface area is 129 Å². The van der Waals surface area contributed by atoms with Crippen LogP contribution < -0.4 is 0 Å². The second kappa shape index (κ2) is 7.02. The molecule has 0 aliphatic carbocycles. The molecule has 1 aliphatic heterocycles. The minimum absolute atomic E-state index is 0.173. The van der Waals surface area contributed by atoms with Gasteiger partial charge in [-0.25, -0.2) is 8.42 Å². The Morgan fingerprint density at radius 1 is 1.35 bits per heavy atom. The van der Waals surface area contributed by atoms with Crippen LogP contribution in [0.4, 0.5) is 0 Å². The Kier molecular flexibility index (Phi) is 5.60. The van der Waals surface area contributed by atoms with E-state index in [9.17, 15) is 8.42 Å². The van der Waals surface area contributed by atoms with Crippen molar-refractivity contribution in [2.45, 2.75) is 25.9 Å². The zero-order valence-corrected chi connectivity index (χ0v) is 14.0. The average molecular weight is 362 g/mol. The SMILES string of the molecule is CCCCS(=O)(=O)N1CCOC(c2ccc(Br)cc2)C1. The van der Waals surface area contributed by atoms with E-state index >= 15 is 0 Å². The number of hydrogen-bond donors (Lipinski definition) is 0. The molecule has 0 radical (unpaired) electrons. The summed E-state index contributed by atoms with van der Waals surface area (Å²) in [5.74, 6) is 0.233. The molecule has 0 aromatic heterocycles. The van der Waals surface area contributed by atoms with E-state index in [1.54, 1.807) is 4.31 Å². The molecule has 4 nitrogen and oxygen atoms in total. The number of benzene rings is 1. The zero-order valence-electron chi connectivity index (χ0n) is 11.6. The van der Waals surface area contributed by atoms with E-state index < -0.39 is 10.0 Å². The molecule has 1 fully saturated rings. The minimum Gasteiger partial charge on any atom is -0.371 e. The van der Waals surface area contributed by atoms with Crippen molar-refractivity contribution >= 4 is 26.0 Å². The number of hydrogen-bond acceptors (Lipinski definition) is 3. The molecule has 6 heteroatoms. The molecule has 0 N–H and O–H groups in total. The van der Waals surface area contributed by atoms with Gasteiger partial charge in [0.25, 0.3) is 0 Å². The molecule has 0 saturated carbocycles. The summed E-state index contributed by atoms with van der Waals surface area (Å²) in [6.45, 7) is 3.32. The van der Waals surface area contributed by atoms with Crippen LogP contribution in [0.3, 0.4) is 0 Å². The summed E-state index contributed by atoms with van der Waals surface area (Å²) in [4.78, 5) is 0. The highest BCUT2D eigenvalue weighted by Gasteiger charge is 2.29. The molecule has 1 unspecified atom stereocenters. The molecule has 0 spiro atoms. The van der Waals surface area contributed by atoms with Crippen molar-refractivity contribution in [3.05, 3.63) is 34.3 Å². The third kappa shape index (κ3) is 4.04. The molecule has 1 heterocycles. The monoisotopic (exact) mass is 361 g/mol. The van der Waals surface area contributed by atoms with Gasteiger partial charge in [-0.1, -0.05) is 41.4 Å². The lowest BCUT2D eigenvalue weighted by atomic mass is 10.1. The Balaban J connectivity index is 2.06. The first-order chi connectivity index (χ1) is 9.53. The minimum atomic E-state index is -3.15. The van der Waals surface area contributed by atoms with E-state index in [0.717, 1.165) is 16.5 Å². The maximum atomic E-state index is 12.2. The summed E-state index contributed by atoms with van der Waals surface area (Å²) >= 11 is 3.39. The molecule has 112 valence electrons. The lowest BCUT2D eigenvalue weighted by Crippen LogP contribution is -2.43. The summed E-state index contributed by atoms with van der Waals surface area (Å²) in [5.41, 5.74) is 1.02. The van der Waals surface area contributed by atoms with Crippen LogP contribution in [0, 0.1) is 0 Å². The van der Waals surface area contributed by atoms with Crippen LogP contribution in [-0.4, -0.2) is 38.2 Å². The van der Waals surface area contributed by atoms with Crippen LogP contribution >= 0.6 is 15.9 Å². The summed E-state index contributed by atoms with van der Waals surface area (Å²) in [6.07, 6.45) is 1.43. The van der Waals surface area contributed by atoms with Crippen molar-refractivity contribution in [2.75, 3.05) is 25.4 Å². The van der Waals surface area contributed by atoms with Crippen LogP contribution in [0.2, 0.25) is 0 Å². The number of unbranched alkanes of at least 4 members (excludes halogenated alkanes) is 1. The van der Waals surface area contributed by atoms with E-state index in [0.29, 0.717) is 26.1 Å². The van der Waals surface area contributed by atoms with Gasteiger partial charge in [-0.3, -0.25) is 0 Å². The molecule has 0 amide bonds. The molecular formula is C14H20BrNO3S. The molecule has 1 aromatic carbocycles. The third-order valence-electron chi connectivity index (χ3n) is 3.42. The van der Waals surface area contributed by atoms with Gasteiger partial charge in [-0.05, 0) is 24.1 Å². The van der Waals surface area contributed by atoms with Crippen molar-refractivity contribution in [3.8, 4) is 0 Å². The maximum Gasteiger partial charge on any atom is 0.214 e. The summed E-state index contributed by atoms with van der Waals surface area (Å²) in [6, 6.07) is 7.83. The van der Waals surface area contributed by atoms with Crippen molar-refractivity contribution in [3.63, 3.8) is 0 Å². The first kappa shape index (κ1) is 15.9. The molecule has 1 aliphatic rings. The highest BCUT2D eigenvalue weighted by atomic mass is 79.9. The van der Waals surface area contributed by atoms with Crippen molar-refractivity contribution in [1.29, 1.82) is 0 Å². The van der Waals surface area contributed by atoms with Crippen LogP contribution in [0.1, 0.15) is 31.4 Å². The van der Waals surface area contributed by atoms with Gasteiger partial charge in [-0.2, -0.15) is 4.31 Å². The molecule has 1 saturated heterocycles. The van der Waals surface area contributed by atoms with Gasteiger partial charge < -0.3 is 4.74 Å². The number of morpholine rings is 1. The van der Waals surface area contributed by atoms with Gasteiger partial charge in [-0.15, -0.1) is 0 Å². The Hall–Kier alpha value is -0.430. The van der Waals surface area contributed by atoms with Gasteiger partial charge in [0, 0.05) is 17.6 Å². The number of sulfonamides is 1. The molecule has 1 atom stereocenters. The fourth-order valence-electron chi connectivity index (χ4n) is 2.21.